The molecular weight excluding hydrogens is 394 g/mol. The zero-order chi connectivity index (χ0) is 21.7. The molecule has 0 bridgehead atoms. The highest BCUT2D eigenvalue weighted by Crippen LogP contribution is 2.44. The first kappa shape index (κ1) is 21.3. The molecule has 1 fully saturated rings. The van der Waals surface area contributed by atoms with Gasteiger partial charge in [-0.25, -0.2) is 0 Å². The first-order valence-corrected chi connectivity index (χ1v) is 11.0. The lowest BCUT2D eigenvalue weighted by Gasteiger charge is -2.31. The third-order valence-electron chi connectivity index (χ3n) is 6.45. The first-order chi connectivity index (χ1) is 15.1. The van der Waals surface area contributed by atoms with Crippen molar-refractivity contribution in [3.05, 3.63) is 47.5 Å². The van der Waals surface area contributed by atoms with E-state index in [0.717, 1.165) is 29.9 Å². The van der Waals surface area contributed by atoms with Crippen molar-refractivity contribution in [2.24, 2.45) is 0 Å². The van der Waals surface area contributed by atoms with Crippen LogP contribution in [-0.4, -0.2) is 39.9 Å². The molecule has 1 amide bonds. The van der Waals surface area contributed by atoms with Gasteiger partial charge in [0.2, 0.25) is 5.91 Å². The van der Waals surface area contributed by atoms with Gasteiger partial charge in [0.1, 0.15) is 13.2 Å². The quantitative estimate of drug-likeness (QED) is 0.692. The molecule has 1 N–H and O–H groups in total. The molecule has 4 rings (SSSR count). The number of aryl methyl sites for hydroxylation is 1. The van der Waals surface area contributed by atoms with Crippen LogP contribution in [-0.2, 0) is 16.6 Å². The number of methoxy groups -OCH3 is 2. The van der Waals surface area contributed by atoms with E-state index < -0.39 is 0 Å². The summed E-state index contributed by atoms with van der Waals surface area (Å²) in [6, 6.07) is 12.0. The van der Waals surface area contributed by atoms with Gasteiger partial charge < -0.3 is 24.3 Å². The second kappa shape index (κ2) is 9.50. The fourth-order valence-electron chi connectivity index (χ4n) is 4.75. The number of rotatable bonds is 8. The number of carbonyl (C=O) groups is 1. The molecule has 6 heteroatoms. The molecule has 1 saturated carbocycles. The number of hydrogen-bond donors (Lipinski definition) is 1. The Balaban J connectivity index is 1.40. The molecule has 1 aliphatic carbocycles. The third kappa shape index (κ3) is 4.58. The van der Waals surface area contributed by atoms with Crippen molar-refractivity contribution in [1.82, 2.24) is 5.32 Å². The summed E-state index contributed by atoms with van der Waals surface area (Å²) in [6.45, 7) is 1.81. The van der Waals surface area contributed by atoms with E-state index in [9.17, 15) is 4.79 Å². The number of amides is 1. The minimum Gasteiger partial charge on any atom is -0.493 e. The van der Waals surface area contributed by atoms with Crippen molar-refractivity contribution in [2.45, 2.75) is 43.9 Å². The van der Waals surface area contributed by atoms with Gasteiger partial charge in [-0.3, -0.25) is 4.79 Å². The molecule has 2 aromatic rings. The van der Waals surface area contributed by atoms with Crippen LogP contribution in [0, 0.1) is 0 Å². The monoisotopic (exact) mass is 425 g/mol. The Morgan fingerprint density at radius 1 is 1.03 bits per heavy atom. The van der Waals surface area contributed by atoms with E-state index in [1.807, 2.05) is 24.3 Å². The summed E-state index contributed by atoms with van der Waals surface area (Å²) in [4.78, 5) is 12.7. The van der Waals surface area contributed by atoms with E-state index in [-0.39, 0.29) is 11.3 Å². The van der Waals surface area contributed by atoms with Gasteiger partial charge in [0, 0.05) is 18.4 Å². The molecule has 31 heavy (non-hydrogen) atoms. The summed E-state index contributed by atoms with van der Waals surface area (Å²) in [5.41, 5.74) is 2.16. The van der Waals surface area contributed by atoms with Crippen LogP contribution in [0.2, 0.25) is 0 Å². The minimum absolute atomic E-state index is 0.0425. The predicted octanol–water partition coefficient (Wildman–Crippen LogP) is 4.04. The normalized spacial score (nSPS) is 16.6. The average Bonchev–Trinajstić information content (AvgIpc) is 3.31. The molecule has 2 aliphatic rings. The summed E-state index contributed by atoms with van der Waals surface area (Å²) in [7, 11) is 3.24. The van der Waals surface area contributed by atoms with Gasteiger partial charge in [-0.15, -0.1) is 0 Å². The molecular formula is C25H31NO5. The van der Waals surface area contributed by atoms with Gasteiger partial charge in [0.25, 0.3) is 0 Å². The summed E-state index contributed by atoms with van der Waals surface area (Å²) in [5.74, 6) is 3.05. The van der Waals surface area contributed by atoms with Gasteiger partial charge in [0.05, 0.1) is 14.2 Å². The Morgan fingerprint density at radius 2 is 1.81 bits per heavy atom. The molecule has 1 heterocycles. The Hall–Kier alpha value is -2.89. The van der Waals surface area contributed by atoms with Gasteiger partial charge in [0.15, 0.2) is 23.0 Å². The van der Waals surface area contributed by atoms with Gasteiger partial charge in [-0.2, -0.15) is 0 Å². The SMILES string of the molecule is COc1cccc(CCC(=O)NCC2(c3ccc4c(c3)OCCO4)CCCC2)c1OC. The van der Waals surface area contributed by atoms with E-state index in [2.05, 4.69) is 17.4 Å². The highest BCUT2D eigenvalue weighted by molar-refractivity contribution is 5.76. The van der Waals surface area contributed by atoms with Crippen molar-refractivity contribution in [2.75, 3.05) is 34.0 Å². The molecule has 166 valence electrons. The molecule has 6 nitrogen and oxygen atoms in total. The number of fused-ring (bicyclic) bond motifs is 1. The summed E-state index contributed by atoms with van der Waals surface area (Å²) >= 11 is 0. The standard InChI is InChI=1S/C25H31NO5/c1-28-21-7-5-6-18(24(21)29-2)8-11-23(27)26-17-25(12-3-4-13-25)19-9-10-20-22(16-19)31-15-14-30-20/h5-7,9-10,16H,3-4,8,11-15,17H2,1-2H3,(H,26,27). The third-order valence-corrected chi connectivity index (χ3v) is 6.45. The number of carbonyl (C=O) groups excluding carboxylic acids is 1. The fourth-order valence-corrected chi connectivity index (χ4v) is 4.75. The van der Waals surface area contributed by atoms with Crippen molar-refractivity contribution < 1.29 is 23.7 Å². The van der Waals surface area contributed by atoms with Crippen molar-refractivity contribution in [3.8, 4) is 23.0 Å². The van der Waals surface area contributed by atoms with Crippen LogP contribution < -0.4 is 24.3 Å². The smallest absolute Gasteiger partial charge is 0.220 e. The lowest BCUT2D eigenvalue weighted by atomic mass is 9.78. The molecule has 0 atom stereocenters. The predicted molar refractivity (Wildman–Crippen MR) is 118 cm³/mol. The topological polar surface area (TPSA) is 66.0 Å². The molecule has 0 unspecified atom stereocenters. The second-order valence-electron chi connectivity index (χ2n) is 8.28. The van der Waals surface area contributed by atoms with E-state index in [4.69, 9.17) is 18.9 Å². The number of benzene rings is 2. The number of hydrogen-bond acceptors (Lipinski definition) is 5. The van der Waals surface area contributed by atoms with Crippen LogP contribution in [0.15, 0.2) is 36.4 Å². The van der Waals surface area contributed by atoms with Crippen molar-refractivity contribution in [3.63, 3.8) is 0 Å². The molecule has 1 aliphatic heterocycles. The van der Waals surface area contributed by atoms with Gasteiger partial charge >= 0.3 is 0 Å². The van der Waals surface area contributed by atoms with Crippen LogP contribution >= 0.6 is 0 Å². The highest BCUT2D eigenvalue weighted by Gasteiger charge is 2.36. The number of ether oxygens (including phenoxy) is 4. The molecule has 0 spiro atoms. The summed E-state index contributed by atoms with van der Waals surface area (Å²) in [6.07, 6.45) is 5.48. The molecule has 0 aromatic heterocycles. The van der Waals surface area contributed by atoms with E-state index in [0.29, 0.717) is 44.1 Å². The highest BCUT2D eigenvalue weighted by atomic mass is 16.6. The minimum atomic E-state index is -0.0425. The maximum absolute atomic E-state index is 12.7. The van der Waals surface area contributed by atoms with E-state index in [1.54, 1.807) is 14.2 Å². The van der Waals surface area contributed by atoms with Gasteiger partial charge in [-0.05, 0) is 48.6 Å². The van der Waals surface area contributed by atoms with Crippen molar-refractivity contribution in [1.29, 1.82) is 0 Å². The summed E-state index contributed by atoms with van der Waals surface area (Å²) < 4.78 is 22.3. The Labute approximate surface area is 183 Å². The van der Waals surface area contributed by atoms with Crippen LogP contribution in [0.4, 0.5) is 0 Å². The van der Waals surface area contributed by atoms with Crippen molar-refractivity contribution >= 4 is 5.91 Å². The summed E-state index contributed by atoms with van der Waals surface area (Å²) in [5, 5.41) is 3.20. The Morgan fingerprint density at radius 3 is 2.55 bits per heavy atom. The second-order valence-corrected chi connectivity index (χ2v) is 8.28. The zero-order valence-electron chi connectivity index (χ0n) is 18.4. The average molecular weight is 426 g/mol. The Kier molecular flexibility index (Phi) is 6.54. The molecule has 0 saturated heterocycles. The first-order valence-electron chi connectivity index (χ1n) is 11.0. The molecule has 2 aromatic carbocycles. The van der Waals surface area contributed by atoms with Crippen LogP contribution in [0.1, 0.15) is 43.2 Å². The maximum atomic E-state index is 12.7. The zero-order valence-corrected chi connectivity index (χ0v) is 18.4. The van der Waals surface area contributed by atoms with Crippen LogP contribution in [0.25, 0.3) is 0 Å². The van der Waals surface area contributed by atoms with Crippen LogP contribution in [0.3, 0.4) is 0 Å². The van der Waals surface area contributed by atoms with E-state index in [1.165, 1.54) is 18.4 Å². The van der Waals surface area contributed by atoms with Crippen LogP contribution in [0.5, 0.6) is 23.0 Å². The number of para-hydroxylation sites is 1. The largest absolute Gasteiger partial charge is 0.493 e. The Bertz CT molecular complexity index is 920. The lowest BCUT2D eigenvalue weighted by Crippen LogP contribution is -2.39. The number of nitrogens with one attached hydrogen (secondary N) is 1. The fraction of sp³-hybridized carbons (Fsp3) is 0.480. The molecule has 0 radical (unpaired) electrons. The maximum Gasteiger partial charge on any atom is 0.220 e. The van der Waals surface area contributed by atoms with Gasteiger partial charge in [-0.1, -0.05) is 31.0 Å². The van der Waals surface area contributed by atoms with E-state index >= 15 is 0 Å². The lowest BCUT2D eigenvalue weighted by molar-refractivity contribution is -0.121.